The summed E-state index contributed by atoms with van der Waals surface area (Å²) >= 11 is 0. The maximum absolute atomic E-state index is 4.11. The molecule has 0 bridgehead atoms. The molecule has 0 aromatic carbocycles. The monoisotopic (exact) mass is 190 g/mol. The lowest BCUT2D eigenvalue weighted by molar-refractivity contribution is 0.582. The predicted octanol–water partition coefficient (Wildman–Crippen LogP) is 2.93. The third-order valence-corrected chi connectivity index (χ3v) is 3.14. The van der Waals surface area contributed by atoms with Gasteiger partial charge in [0.05, 0.1) is 5.69 Å². The van der Waals surface area contributed by atoms with E-state index in [0.717, 1.165) is 17.5 Å². The van der Waals surface area contributed by atoms with E-state index in [2.05, 4.69) is 30.2 Å². The molecule has 2 rings (SSSR count). The van der Waals surface area contributed by atoms with Gasteiger partial charge >= 0.3 is 0 Å². The number of hydrogen-bond donors (Lipinski definition) is 1. The molecule has 0 saturated heterocycles. The summed E-state index contributed by atoms with van der Waals surface area (Å²) in [5.74, 6) is 1.78. The second kappa shape index (κ2) is 3.99. The highest BCUT2D eigenvalue weighted by atomic mass is 14.9. The van der Waals surface area contributed by atoms with Gasteiger partial charge in [-0.1, -0.05) is 13.8 Å². The number of nitrogens with one attached hydrogen (secondary N) is 1. The van der Waals surface area contributed by atoms with Crippen molar-refractivity contribution in [3.63, 3.8) is 0 Å². The van der Waals surface area contributed by atoms with Crippen molar-refractivity contribution in [2.24, 2.45) is 11.8 Å². The van der Waals surface area contributed by atoms with Crippen molar-refractivity contribution in [2.75, 3.05) is 5.32 Å². The van der Waals surface area contributed by atoms with Crippen LogP contribution in [0.2, 0.25) is 0 Å². The zero-order chi connectivity index (χ0) is 9.97. The third-order valence-electron chi connectivity index (χ3n) is 3.14. The molecule has 2 heteroatoms. The van der Waals surface area contributed by atoms with E-state index < -0.39 is 0 Å². The van der Waals surface area contributed by atoms with E-state index in [1.165, 1.54) is 12.8 Å². The van der Waals surface area contributed by atoms with Crippen molar-refractivity contribution in [2.45, 2.75) is 32.7 Å². The van der Waals surface area contributed by atoms with Crippen LogP contribution < -0.4 is 5.32 Å². The maximum Gasteiger partial charge on any atom is 0.0528 e. The van der Waals surface area contributed by atoms with Gasteiger partial charge in [0.15, 0.2) is 0 Å². The lowest BCUT2D eigenvalue weighted by Gasteiger charge is -2.17. The lowest BCUT2D eigenvalue weighted by Crippen LogP contribution is -2.21. The van der Waals surface area contributed by atoms with Crippen molar-refractivity contribution in [3.8, 4) is 0 Å². The van der Waals surface area contributed by atoms with Gasteiger partial charge in [-0.2, -0.15) is 0 Å². The number of nitrogens with zero attached hydrogens (tertiary/aromatic N) is 1. The Bertz CT molecular complexity index is 284. The summed E-state index contributed by atoms with van der Waals surface area (Å²) < 4.78 is 0. The molecule has 14 heavy (non-hydrogen) atoms. The first kappa shape index (κ1) is 9.50. The summed E-state index contributed by atoms with van der Waals surface area (Å²) in [6.45, 7) is 4.58. The van der Waals surface area contributed by atoms with Crippen LogP contribution in [0, 0.1) is 11.8 Å². The number of rotatable bonds is 4. The van der Waals surface area contributed by atoms with Gasteiger partial charge in [-0.25, -0.2) is 0 Å². The van der Waals surface area contributed by atoms with Gasteiger partial charge < -0.3 is 5.32 Å². The summed E-state index contributed by atoms with van der Waals surface area (Å²) in [5, 5.41) is 3.56. The smallest absolute Gasteiger partial charge is 0.0528 e. The molecule has 1 fully saturated rings. The molecule has 3 atom stereocenters. The summed E-state index contributed by atoms with van der Waals surface area (Å²) in [5.41, 5.74) is 1.15. The Kier molecular flexibility index (Phi) is 2.71. The molecule has 0 radical (unpaired) electrons. The van der Waals surface area contributed by atoms with Crippen LogP contribution in [0.25, 0.3) is 0 Å². The summed E-state index contributed by atoms with van der Waals surface area (Å²) in [7, 11) is 0. The molecular weight excluding hydrogens is 172 g/mol. The topological polar surface area (TPSA) is 24.9 Å². The molecule has 3 unspecified atom stereocenters. The van der Waals surface area contributed by atoms with Crippen molar-refractivity contribution in [1.29, 1.82) is 0 Å². The van der Waals surface area contributed by atoms with Gasteiger partial charge in [0.1, 0.15) is 0 Å². The molecule has 2 nitrogen and oxygen atoms in total. The molecule has 1 N–H and O–H groups in total. The molecular formula is C12H18N2. The van der Waals surface area contributed by atoms with E-state index in [4.69, 9.17) is 0 Å². The Hall–Kier alpha value is -1.05. The first-order chi connectivity index (χ1) is 6.81. The summed E-state index contributed by atoms with van der Waals surface area (Å²) in [6.07, 6.45) is 6.29. The van der Waals surface area contributed by atoms with E-state index in [9.17, 15) is 0 Å². The van der Waals surface area contributed by atoms with Crippen molar-refractivity contribution in [1.82, 2.24) is 4.98 Å². The number of anilines is 1. The molecule has 1 aromatic heterocycles. The van der Waals surface area contributed by atoms with Crippen LogP contribution in [-0.2, 0) is 0 Å². The quantitative estimate of drug-likeness (QED) is 0.789. The Labute approximate surface area is 85.7 Å². The van der Waals surface area contributed by atoms with E-state index in [1.54, 1.807) is 0 Å². The highest BCUT2D eigenvalue weighted by Crippen LogP contribution is 2.42. The highest BCUT2D eigenvalue weighted by molar-refractivity contribution is 5.41. The van der Waals surface area contributed by atoms with Crippen LogP contribution in [0.15, 0.2) is 24.5 Å². The van der Waals surface area contributed by atoms with Crippen LogP contribution >= 0.6 is 0 Å². The average Bonchev–Trinajstić information content (AvgIpc) is 2.93. The van der Waals surface area contributed by atoms with Gasteiger partial charge in [-0.3, -0.25) is 4.98 Å². The zero-order valence-electron chi connectivity index (χ0n) is 8.90. The van der Waals surface area contributed by atoms with Gasteiger partial charge in [-0.15, -0.1) is 0 Å². The predicted molar refractivity (Wildman–Crippen MR) is 59.2 cm³/mol. The van der Waals surface area contributed by atoms with Crippen molar-refractivity contribution >= 4 is 5.69 Å². The Morgan fingerprint density at radius 1 is 1.64 bits per heavy atom. The Morgan fingerprint density at radius 2 is 2.43 bits per heavy atom. The maximum atomic E-state index is 4.11. The zero-order valence-corrected chi connectivity index (χ0v) is 8.90. The fourth-order valence-electron chi connectivity index (χ4n) is 2.09. The third kappa shape index (κ3) is 2.06. The summed E-state index contributed by atoms with van der Waals surface area (Å²) in [6, 6.07) is 4.70. The Morgan fingerprint density at radius 3 is 2.93 bits per heavy atom. The number of hydrogen-bond acceptors (Lipinski definition) is 2. The highest BCUT2D eigenvalue weighted by Gasteiger charge is 2.38. The van der Waals surface area contributed by atoms with E-state index >= 15 is 0 Å². The van der Waals surface area contributed by atoms with Crippen molar-refractivity contribution < 1.29 is 0 Å². The van der Waals surface area contributed by atoms with Crippen LogP contribution in [-0.4, -0.2) is 11.0 Å². The summed E-state index contributed by atoms with van der Waals surface area (Å²) in [4.78, 5) is 4.11. The number of pyridine rings is 1. The Balaban J connectivity index is 1.95. The van der Waals surface area contributed by atoms with Gasteiger partial charge in [-0.05, 0) is 36.8 Å². The van der Waals surface area contributed by atoms with Crippen molar-refractivity contribution in [3.05, 3.63) is 24.5 Å². The lowest BCUT2D eigenvalue weighted by atomic mass is 10.1. The van der Waals surface area contributed by atoms with E-state index in [1.807, 2.05) is 18.5 Å². The second-order valence-corrected chi connectivity index (χ2v) is 4.28. The van der Waals surface area contributed by atoms with Crippen LogP contribution in [0.4, 0.5) is 5.69 Å². The average molecular weight is 190 g/mol. The van der Waals surface area contributed by atoms with Gasteiger partial charge in [0, 0.05) is 18.4 Å². The second-order valence-electron chi connectivity index (χ2n) is 4.28. The fourth-order valence-corrected chi connectivity index (χ4v) is 2.09. The van der Waals surface area contributed by atoms with Gasteiger partial charge in [0.25, 0.3) is 0 Å². The fraction of sp³-hybridized carbons (Fsp3) is 0.583. The molecule has 1 aliphatic carbocycles. The molecule has 76 valence electrons. The molecule has 1 heterocycles. The van der Waals surface area contributed by atoms with Crippen LogP contribution in [0.1, 0.15) is 26.7 Å². The molecule has 1 aliphatic rings. The standard InChI is InChI=1S/C12H18N2/c1-3-12(11-7-9(11)2)14-10-5-4-6-13-8-10/h4-6,8-9,11-12,14H,3,7H2,1-2H3. The van der Waals surface area contributed by atoms with Crippen LogP contribution in [0.3, 0.4) is 0 Å². The molecule has 0 spiro atoms. The minimum absolute atomic E-state index is 0.634. The normalized spacial score (nSPS) is 27.0. The van der Waals surface area contributed by atoms with E-state index in [-0.39, 0.29) is 0 Å². The molecule has 0 aliphatic heterocycles. The first-order valence-electron chi connectivity index (χ1n) is 5.47. The van der Waals surface area contributed by atoms with Gasteiger partial charge in [0.2, 0.25) is 0 Å². The first-order valence-corrected chi connectivity index (χ1v) is 5.47. The van der Waals surface area contributed by atoms with Crippen LogP contribution in [0.5, 0.6) is 0 Å². The van der Waals surface area contributed by atoms with E-state index in [0.29, 0.717) is 6.04 Å². The largest absolute Gasteiger partial charge is 0.381 e. The molecule has 1 saturated carbocycles. The minimum atomic E-state index is 0.634. The number of aromatic nitrogens is 1. The molecule has 0 amide bonds. The minimum Gasteiger partial charge on any atom is -0.381 e. The SMILES string of the molecule is CCC(Nc1cccnc1)C1CC1C. The molecule has 1 aromatic rings.